The lowest BCUT2D eigenvalue weighted by Gasteiger charge is -2.27. The molecule has 3 aliphatic rings. The molecule has 0 amide bonds. The Morgan fingerprint density at radius 3 is 2.72 bits per heavy atom. The van der Waals surface area contributed by atoms with Crippen molar-refractivity contribution in [2.24, 2.45) is 0 Å². The Hall–Kier alpha value is -3.78. The van der Waals surface area contributed by atoms with E-state index in [1.54, 1.807) is 41.3 Å². The summed E-state index contributed by atoms with van der Waals surface area (Å²) in [7, 11) is -3.66. The van der Waals surface area contributed by atoms with Crippen LogP contribution >= 0.6 is 0 Å². The first-order chi connectivity index (χ1) is 20.6. The van der Waals surface area contributed by atoms with E-state index < -0.39 is 16.0 Å². The fourth-order valence-corrected chi connectivity index (χ4v) is 7.20. The lowest BCUT2D eigenvalue weighted by atomic mass is 9.93. The van der Waals surface area contributed by atoms with Crippen LogP contribution in [0.3, 0.4) is 0 Å². The van der Waals surface area contributed by atoms with Gasteiger partial charge in [-0.25, -0.2) is 14.1 Å². The normalized spacial score (nSPS) is 21.0. The minimum atomic E-state index is -3.66. The smallest absolute Gasteiger partial charge is 0.277 e. The first kappa shape index (κ1) is 29.3. The van der Waals surface area contributed by atoms with Gasteiger partial charge < -0.3 is 20.5 Å². The number of anilines is 1. The largest absolute Gasteiger partial charge is 0.436 e. The van der Waals surface area contributed by atoms with E-state index in [0.29, 0.717) is 50.4 Å². The molecule has 1 fully saturated rings. The number of allylic oxidation sites excluding steroid dienone is 1. The maximum atomic E-state index is 14.0. The second-order valence-corrected chi connectivity index (χ2v) is 12.8. The summed E-state index contributed by atoms with van der Waals surface area (Å²) in [6, 6.07) is 7.55. The molecule has 2 unspecified atom stereocenters. The molecular formula is C30H36FN7O4S. The van der Waals surface area contributed by atoms with Crippen LogP contribution in [-0.4, -0.2) is 54.5 Å². The summed E-state index contributed by atoms with van der Waals surface area (Å²) >= 11 is 0. The second-order valence-electron chi connectivity index (χ2n) is 11.3. The molecule has 0 bridgehead atoms. The number of hydrogen-bond acceptors (Lipinski definition) is 8. The van der Waals surface area contributed by atoms with Crippen molar-refractivity contribution in [1.29, 1.82) is 0 Å². The molecule has 6 rings (SSSR count). The molecule has 2 atom stereocenters. The Kier molecular flexibility index (Phi) is 8.23. The van der Waals surface area contributed by atoms with E-state index in [1.165, 1.54) is 11.6 Å². The number of aryl methyl sites for hydroxylation is 1. The zero-order valence-electron chi connectivity index (χ0n) is 24.1. The molecule has 0 spiro atoms. The number of halogens is 1. The Bertz CT molecular complexity index is 1680. The van der Waals surface area contributed by atoms with Crippen molar-refractivity contribution in [3.05, 3.63) is 82.6 Å². The van der Waals surface area contributed by atoms with Crippen LogP contribution < -0.4 is 25.2 Å². The van der Waals surface area contributed by atoms with Gasteiger partial charge in [0, 0.05) is 55.1 Å². The molecule has 2 aromatic heterocycles. The molecule has 3 aromatic rings. The molecule has 5 N–H and O–H groups in total. The number of nitrogens with two attached hydrogens (primary N) is 1. The molecule has 4 heterocycles. The fourth-order valence-electron chi connectivity index (χ4n) is 5.82. The third-order valence-corrected chi connectivity index (χ3v) is 9.36. The average Bonchev–Trinajstić information content (AvgIpc) is 3.52. The summed E-state index contributed by atoms with van der Waals surface area (Å²) in [4.78, 5) is 4.34. The van der Waals surface area contributed by atoms with E-state index in [9.17, 15) is 12.8 Å². The van der Waals surface area contributed by atoms with E-state index >= 15 is 0 Å². The molecule has 0 saturated carbocycles. The molecule has 13 heteroatoms. The molecule has 2 aliphatic heterocycles. The van der Waals surface area contributed by atoms with Crippen LogP contribution in [0.15, 0.2) is 65.6 Å². The molecule has 1 saturated heterocycles. The van der Waals surface area contributed by atoms with Crippen molar-refractivity contribution in [3.8, 4) is 17.3 Å². The SMILES string of the molecule is CC1=CC2=C(CC1NS(=O)(=O)NC1CCOCC1)NC(Cc1cnn(-c3cnc(Oc4ccccc4F)cc3C)c1N)C2. The Labute approximate surface area is 250 Å². The molecule has 11 nitrogen and oxygen atoms in total. The van der Waals surface area contributed by atoms with Gasteiger partial charge in [-0.2, -0.15) is 23.0 Å². The quantitative estimate of drug-likeness (QED) is 0.288. The predicted octanol–water partition coefficient (Wildman–Crippen LogP) is 3.57. The van der Waals surface area contributed by atoms with Crippen LogP contribution in [0.2, 0.25) is 0 Å². The summed E-state index contributed by atoms with van der Waals surface area (Å²) in [5, 5.41) is 8.12. The van der Waals surface area contributed by atoms with Gasteiger partial charge in [-0.3, -0.25) is 0 Å². The van der Waals surface area contributed by atoms with Crippen molar-refractivity contribution in [3.63, 3.8) is 0 Å². The zero-order valence-corrected chi connectivity index (χ0v) is 25.0. The number of ether oxygens (including phenoxy) is 2. The van der Waals surface area contributed by atoms with E-state index in [0.717, 1.165) is 28.8 Å². The van der Waals surface area contributed by atoms with Gasteiger partial charge in [-0.15, -0.1) is 0 Å². The van der Waals surface area contributed by atoms with E-state index in [2.05, 4.69) is 30.9 Å². The zero-order chi connectivity index (χ0) is 30.1. The number of pyridine rings is 1. The highest BCUT2D eigenvalue weighted by atomic mass is 32.2. The van der Waals surface area contributed by atoms with Crippen LogP contribution in [0, 0.1) is 12.7 Å². The van der Waals surface area contributed by atoms with Crippen LogP contribution in [0.25, 0.3) is 5.69 Å². The van der Waals surface area contributed by atoms with Crippen molar-refractivity contribution in [2.75, 3.05) is 18.9 Å². The Morgan fingerprint density at radius 2 is 1.95 bits per heavy atom. The van der Waals surface area contributed by atoms with Crippen molar-refractivity contribution in [2.45, 2.75) is 64.1 Å². The maximum absolute atomic E-state index is 14.0. The van der Waals surface area contributed by atoms with E-state index in [4.69, 9.17) is 15.2 Å². The standard InChI is InChI=1S/C30H36FN7O4S/c1-18-11-20-13-23(35-26(20)15-25(18)37-43(39,40)36-22-7-9-41-10-8-22)14-21-16-34-38(30(21)32)27-17-33-29(12-19(27)2)42-28-6-4-3-5-24(28)31/h3-6,11-12,16-17,22-23,25,35-37H,7-10,13-15,32H2,1-2H3. The third kappa shape index (κ3) is 6.59. The number of hydrogen-bond donors (Lipinski definition) is 4. The molecule has 228 valence electrons. The van der Waals surface area contributed by atoms with Gasteiger partial charge >= 0.3 is 0 Å². The molecule has 1 aliphatic carbocycles. The van der Waals surface area contributed by atoms with Crippen molar-refractivity contribution < 1.29 is 22.3 Å². The summed E-state index contributed by atoms with van der Waals surface area (Å²) in [6.07, 6.45) is 8.81. The maximum Gasteiger partial charge on any atom is 0.277 e. The summed E-state index contributed by atoms with van der Waals surface area (Å²) in [6.45, 7) is 4.98. The Morgan fingerprint density at radius 1 is 1.16 bits per heavy atom. The van der Waals surface area contributed by atoms with Gasteiger partial charge in [0.25, 0.3) is 10.2 Å². The highest BCUT2D eigenvalue weighted by Crippen LogP contribution is 2.33. The van der Waals surface area contributed by atoms with E-state index in [1.807, 2.05) is 13.8 Å². The minimum absolute atomic E-state index is 0.0977. The van der Waals surface area contributed by atoms with Gasteiger partial charge in [-0.1, -0.05) is 23.8 Å². The summed E-state index contributed by atoms with van der Waals surface area (Å²) in [5.41, 5.74) is 12.2. The number of aromatic nitrogens is 3. The van der Waals surface area contributed by atoms with Gasteiger partial charge in [0.15, 0.2) is 11.6 Å². The van der Waals surface area contributed by atoms with E-state index in [-0.39, 0.29) is 29.8 Å². The lowest BCUT2D eigenvalue weighted by molar-refractivity contribution is 0.0831. The van der Waals surface area contributed by atoms with Gasteiger partial charge in [-0.05, 0) is 62.8 Å². The number of nitrogens with one attached hydrogen (secondary N) is 3. The van der Waals surface area contributed by atoms with Gasteiger partial charge in [0.05, 0.1) is 18.1 Å². The number of para-hydroxylation sites is 1. The highest BCUT2D eigenvalue weighted by molar-refractivity contribution is 7.87. The molecular weight excluding hydrogens is 573 g/mol. The molecule has 1 aromatic carbocycles. The number of rotatable bonds is 9. The first-order valence-corrected chi connectivity index (χ1v) is 15.9. The third-order valence-electron chi connectivity index (χ3n) is 8.12. The highest BCUT2D eigenvalue weighted by Gasteiger charge is 2.32. The van der Waals surface area contributed by atoms with Crippen molar-refractivity contribution >= 4 is 16.0 Å². The molecule has 43 heavy (non-hydrogen) atoms. The number of nitrogens with zero attached hydrogens (tertiary/aromatic N) is 3. The monoisotopic (exact) mass is 609 g/mol. The summed E-state index contributed by atoms with van der Waals surface area (Å²) in [5.74, 6) is 0.417. The Balaban J connectivity index is 1.08. The second kappa shape index (κ2) is 12.1. The number of benzene rings is 1. The van der Waals surface area contributed by atoms with Crippen LogP contribution in [0.5, 0.6) is 11.6 Å². The lowest BCUT2D eigenvalue weighted by Crippen LogP contribution is -2.49. The van der Waals surface area contributed by atoms with Crippen LogP contribution in [-0.2, 0) is 21.4 Å². The van der Waals surface area contributed by atoms with Crippen molar-refractivity contribution in [1.82, 2.24) is 29.5 Å². The predicted molar refractivity (Wildman–Crippen MR) is 160 cm³/mol. The van der Waals surface area contributed by atoms with Crippen LogP contribution in [0.1, 0.15) is 43.7 Å². The first-order valence-electron chi connectivity index (χ1n) is 14.4. The topological polar surface area (TPSA) is 145 Å². The fraction of sp³-hybridized carbons (Fsp3) is 0.400. The average molecular weight is 610 g/mol. The number of nitrogen functional groups attached to an aromatic ring is 1. The minimum Gasteiger partial charge on any atom is -0.436 e. The molecule has 0 radical (unpaired) electrons. The van der Waals surface area contributed by atoms with Gasteiger partial charge in [0.2, 0.25) is 5.88 Å². The van der Waals surface area contributed by atoms with Gasteiger partial charge in [0.1, 0.15) is 5.82 Å². The summed E-state index contributed by atoms with van der Waals surface area (Å²) < 4.78 is 57.9. The van der Waals surface area contributed by atoms with Crippen LogP contribution in [0.4, 0.5) is 10.2 Å².